The largest absolute Gasteiger partial charge is 0.497 e. The molecule has 2 aromatic heterocycles. The Morgan fingerprint density at radius 2 is 1.51 bits per heavy atom. The van der Waals surface area contributed by atoms with Crippen LogP contribution in [0.4, 0.5) is 5.95 Å². The molecule has 6 aromatic rings. The van der Waals surface area contributed by atoms with Gasteiger partial charge in [-0.1, -0.05) is 72.8 Å². The van der Waals surface area contributed by atoms with E-state index in [9.17, 15) is 14.9 Å². The summed E-state index contributed by atoms with van der Waals surface area (Å²) in [7, 11) is 1.53. The Labute approximate surface area is 379 Å². The fourth-order valence-electron chi connectivity index (χ4n) is 7.85. The zero-order valence-electron chi connectivity index (χ0n) is 37.2. The van der Waals surface area contributed by atoms with Crippen molar-refractivity contribution in [1.29, 1.82) is 5.26 Å². The van der Waals surface area contributed by atoms with Crippen LogP contribution in [0.3, 0.4) is 0 Å². The molecule has 1 unspecified atom stereocenters. The van der Waals surface area contributed by atoms with Gasteiger partial charge in [-0.25, -0.2) is 9.65 Å². The van der Waals surface area contributed by atoms with Crippen molar-refractivity contribution in [2.45, 2.75) is 76.7 Å². The lowest BCUT2D eigenvalue weighted by Gasteiger charge is -2.39. The number of nitrogens with one attached hydrogen (secondary N) is 2. The van der Waals surface area contributed by atoms with E-state index in [-0.39, 0.29) is 61.9 Å². The van der Waals surface area contributed by atoms with E-state index >= 15 is 0 Å². The highest BCUT2D eigenvalue weighted by molar-refractivity contribution is 7.44. The van der Waals surface area contributed by atoms with Gasteiger partial charge in [0.25, 0.3) is 20.0 Å². The van der Waals surface area contributed by atoms with Gasteiger partial charge < -0.3 is 32.7 Å². The number of anilines is 1. The van der Waals surface area contributed by atoms with Crippen molar-refractivity contribution >= 4 is 31.5 Å². The summed E-state index contributed by atoms with van der Waals surface area (Å²) in [6.07, 6.45) is -0.167. The average Bonchev–Trinajstić information content (AvgIpc) is 3.93. The zero-order chi connectivity index (χ0) is 45.9. The second kappa shape index (κ2) is 21.7. The van der Waals surface area contributed by atoms with Crippen molar-refractivity contribution in [3.05, 3.63) is 143 Å². The summed E-state index contributed by atoms with van der Waals surface area (Å²) in [5, 5.41) is 12.1. The van der Waals surface area contributed by atoms with E-state index in [1.807, 2.05) is 84.9 Å². The van der Waals surface area contributed by atoms with Crippen LogP contribution in [0, 0.1) is 11.3 Å². The summed E-state index contributed by atoms with van der Waals surface area (Å²) in [6.45, 7) is 8.17. The number of methoxy groups -OCH3 is 2. The predicted molar refractivity (Wildman–Crippen MR) is 246 cm³/mol. The molecule has 4 atom stereocenters. The third-order valence-electron chi connectivity index (χ3n) is 10.8. The predicted octanol–water partition coefficient (Wildman–Crippen LogP) is 8.11. The summed E-state index contributed by atoms with van der Waals surface area (Å²) >= 11 is 0. The van der Waals surface area contributed by atoms with Crippen LogP contribution >= 0.6 is 8.53 Å². The van der Waals surface area contributed by atoms with E-state index < -0.39 is 44.0 Å². The number of nitrogens with zero attached hydrogens (tertiary/aromatic N) is 5. The van der Waals surface area contributed by atoms with Crippen LogP contribution in [0.25, 0.3) is 11.2 Å². The number of H-pyrrole nitrogens is 1. The second-order valence-corrected chi connectivity index (χ2v) is 17.2. The van der Waals surface area contributed by atoms with E-state index in [4.69, 9.17) is 32.7 Å². The Hall–Kier alpha value is -6.18. The molecule has 0 radical (unpaired) electrons. The molecule has 0 bridgehead atoms. The number of fused-ring (bicyclic) bond motifs is 1. The molecule has 1 amide bonds. The number of carbonyl (C=O) groups is 1. The van der Waals surface area contributed by atoms with Gasteiger partial charge in [0.1, 0.15) is 35.2 Å². The first-order valence-corrected chi connectivity index (χ1v) is 22.5. The summed E-state index contributed by atoms with van der Waals surface area (Å²) < 4.78 is 48.2. The second-order valence-electron chi connectivity index (χ2n) is 15.8. The molecule has 0 spiro atoms. The van der Waals surface area contributed by atoms with Crippen LogP contribution in [-0.4, -0.2) is 88.4 Å². The van der Waals surface area contributed by atoms with Crippen molar-refractivity contribution in [3.8, 4) is 23.3 Å². The van der Waals surface area contributed by atoms with Gasteiger partial charge in [-0.3, -0.25) is 24.5 Å². The molecular formula is C48H54N7O9P. The Bertz CT molecular complexity index is 2510. The molecule has 1 fully saturated rings. The molecule has 65 heavy (non-hydrogen) atoms. The molecule has 4 aromatic carbocycles. The molecule has 1 aliphatic rings. The molecular weight excluding hydrogens is 850 g/mol. The number of hydrogen-bond donors (Lipinski definition) is 2. The van der Waals surface area contributed by atoms with Crippen molar-refractivity contribution in [3.63, 3.8) is 0 Å². The van der Waals surface area contributed by atoms with Crippen LogP contribution < -0.4 is 25.1 Å². The number of aromatic amines is 1. The summed E-state index contributed by atoms with van der Waals surface area (Å²) in [5.74, 6) is 1.29. The molecule has 340 valence electrons. The maximum Gasteiger partial charge on any atom is 0.280 e. The van der Waals surface area contributed by atoms with Crippen molar-refractivity contribution in [1.82, 2.24) is 24.2 Å². The molecule has 16 nitrogen and oxygen atoms in total. The van der Waals surface area contributed by atoms with E-state index in [1.54, 1.807) is 43.1 Å². The summed E-state index contributed by atoms with van der Waals surface area (Å²) in [5.41, 5.74) is 1.05. The minimum absolute atomic E-state index is 0.0161. The van der Waals surface area contributed by atoms with E-state index in [0.717, 1.165) is 16.7 Å². The number of rotatable bonds is 21. The number of carbonyl (C=O) groups excluding carboxylic acids is 1. The Morgan fingerprint density at radius 3 is 2.09 bits per heavy atom. The SMILES string of the molecule is COc1ccc(C(OC[C@H]2O[C@@H](n3cnc4c(=O)[nH]c(NC(=O)COc5ccccc5)nc43)C[C@@H]2OP(OCCC#N)N(C(C)C)C(C)C)(c2ccccc2)c2ccc(OC)cc2)cc1. The average molecular weight is 904 g/mol. The van der Waals surface area contributed by atoms with Gasteiger partial charge in [-0.15, -0.1) is 0 Å². The minimum Gasteiger partial charge on any atom is -0.497 e. The quantitative estimate of drug-likeness (QED) is 0.0402. The van der Waals surface area contributed by atoms with Crippen molar-refractivity contribution in [2.24, 2.45) is 0 Å². The van der Waals surface area contributed by atoms with Gasteiger partial charge in [0.2, 0.25) is 5.95 Å². The Morgan fingerprint density at radius 1 is 0.908 bits per heavy atom. The summed E-state index contributed by atoms with van der Waals surface area (Å²) in [4.78, 5) is 38.0. The molecule has 2 N–H and O–H groups in total. The van der Waals surface area contributed by atoms with Gasteiger partial charge in [0.15, 0.2) is 17.8 Å². The van der Waals surface area contributed by atoms with Crippen molar-refractivity contribution in [2.75, 3.05) is 39.4 Å². The van der Waals surface area contributed by atoms with Gasteiger partial charge in [-0.05, 0) is 80.8 Å². The van der Waals surface area contributed by atoms with E-state index in [0.29, 0.717) is 17.2 Å². The number of hydrogen-bond acceptors (Lipinski definition) is 13. The normalized spacial score (nSPS) is 16.8. The van der Waals surface area contributed by atoms with Gasteiger partial charge >= 0.3 is 0 Å². The van der Waals surface area contributed by atoms with Crippen LogP contribution in [0.2, 0.25) is 0 Å². The van der Waals surface area contributed by atoms with E-state index in [2.05, 4.69) is 58.7 Å². The molecule has 0 aliphatic carbocycles. The first kappa shape index (κ1) is 46.8. The number of amides is 1. The smallest absolute Gasteiger partial charge is 0.280 e. The highest BCUT2D eigenvalue weighted by Crippen LogP contribution is 2.51. The number of para-hydroxylation sites is 1. The Balaban J connectivity index is 1.27. The third kappa shape index (κ3) is 10.9. The topological polar surface area (TPSA) is 184 Å². The zero-order valence-corrected chi connectivity index (χ0v) is 38.1. The first-order valence-electron chi connectivity index (χ1n) is 21.4. The number of aromatic nitrogens is 4. The van der Waals surface area contributed by atoms with Gasteiger partial charge in [-0.2, -0.15) is 10.2 Å². The number of nitriles is 1. The molecule has 1 saturated heterocycles. The van der Waals surface area contributed by atoms with Crippen LogP contribution in [0.5, 0.6) is 17.2 Å². The van der Waals surface area contributed by atoms with Crippen LogP contribution in [0.15, 0.2) is 120 Å². The minimum atomic E-state index is -1.72. The fourth-order valence-corrected chi connectivity index (χ4v) is 9.61. The highest BCUT2D eigenvalue weighted by atomic mass is 31.2. The number of benzene rings is 4. The van der Waals surface area contributed by atoms with Gasteiger partial charge in [0, 0.05) is 18.5 Å². The lowest BCUT2D eigenvalue weighted by molar-refractivity contribution is -0.118. The van der Waals surface area contributed by atoms with Crippen LogP contribution in [-0.2, 0) is 28.9 Å². The maximum absolute atomic E-state index is 13.4. The Kier molecular flexibility index (Phi) is 15.6. The maximum atomic E-state index is 13.4. The molecule has 17 heteroatoms. The lowest BCUT2D eigenvalue weighted by atomic mass is 9.80. The van der Waals surface area contributed by atoms with Crippen molar-refractivity contribution < 1.29 is 37.5 Å². The lowest BCUT2D eigenvalue weighted by Crippen LogP contribution is -2.39. The highest BCUT2D eigenvalue weighted by Gasteiger charge is 2.45. The van der Waals surface area contributed by atoms with E-state index in [1.165, 1.54) is 6.33 Å². The molecule has 1 aliphatic heterocycles. The van der Waals surface area contributed by atoms with Crippen LogP contribution in [0.1, 0.15) is 63.5 Å². The monoisotopic (exact) mass is 903 g/mol. The molecule has 0 saturated carbocycles. The molecule has 7 rings (SSSR count). The van der Waals surface area contributed by atoms with Gasteiger partial charge in [0.05, 0.1) is 52.4 Å². The third-order valence-corrected chi connectivity index (χ3v) is 13.0. The molecule has 3 heterocycles. The standard InChI is InChI=1S/C48H54N7O9P/c1-32(2)55(33(3)4)65(62-27-13-26-49)64-40-28-43(54-31-50-44-45(54)52-47(53-46(44)57)51-42(56)30-60-39-16-11-8-12-17-39)63-41(40)29-61-48(34-14-9-7-10-15-34,35-18-22-37(58-5)23-19-35)36-20-24-38(59-6)25-21-36/h7-12,14-25,31-33,40-41,43H,13,27-30H2,1-6H3,(H2,51,52,53,56,57)/t40-,41+,43+,65?/m0/s1. The number of imidazole rings is 1. The first-order chi connectivity index (χ1) is 31.5. The summed E-state index contributed by atoms with van der Waals surface area (Å²) in [6, 6.07) is 36.6. The fraction of sp³-hybridized carbons (Fsp3) is 0.354. The number of ether oxygens (including phenoxy) is 5.